The van der Waals surface area contributed by atoms with Gasteiger partial charge in [0.15, 0.2) is 11.5 Å². The molecule has 3 aromatic rings. The first kappa shape index (κ1) is 29.1. The number of dihydropyridines is 1. The van der Waals surface area contributed by atoms with E-state index >= 15 is 0 Å². The molecule has 4 N–H and O–H groups in total. The van der Waals surface area contributed by atoms with Crippen LogP contribution in [0.4, 0.5) is 0 Å². The smallest absolute Gasteiger partial charge is 0.256 e. The molecule has 2 fully saturated rings. The first-order valence-corrected chi connectivity index (χ1v) is 16.1. The fourth-order valence-electron chi connectivity index (χ4n) is 5.64. The summed E-state index contributed by atoms with van der Waals surface area (Å²) in [6, 6.07) is 2.05. The van der Waals surface area contributed by atoms with Crippen LogP contribution in [-0.2, 0) is 22.7 Å². The molecule has 6 rings (SSSR count). The van der Waals surface area contributed by atoms with Crippen molar-refractivity contribution < 1.29 is 8.42 Å². The molecule has 2 saturated carbocycles. The van der Waals surface area contributed by atoms with Crippen LogP contribution in [0.2, 0.25) is 0 Å². The lowest BCUT2D eigenvalue weighted by molar-refractivity contribution is 0.240. The SMILES string of the molecule is CN(C)CC1CCC(NC2=CC(N)(c3ccnc(-c4cnn(S(=O)(=O)C5CC5)c4)n3)NC=C2C#Cc2cnn(C)c2)CC1. The average molecular weight is 603 g/mol. The van der Waals surface area contributed by atoms with Gasteiger partial charge in [-0.3, -0.25) is 4.68 Å². The number of nitrogens with two attached hydrogens (primary N) is 1. The molecule has 0 saturated heterocycles. The normalized spacial score (nSPS) is 24.0. The molecule has 13 heteroatoms. The minimum atomic E-state index is -3.49. The van der Waals surface area contributed by atoms with Crippen molar-refractivity contribution in [2.24, 2.45) is 18.7 Å². The lowest BCUT2D eigenvalue weighted by Crippen LogP contribution is -2.50. The van der Waals surface area contributed by atoms with E-state index < -0.39 is 15.7 Å². The molecule has 0 amide bonds. The molecular weight excluding hydrogens is 564 g/mol. The predicted octanol–water partition coefficient (Wildman–Crippen LogP) is 1.66. The summed E-state index contributed by atoms with van der Waals surface area (Å²) in [5, 5.41) is 15.0. The number of hydrogen-bond acceptors (Lipinski definition) is 10. The van der Waals surface area contributed by atoms with Crippen LogP contribution in [0.15, 0.2) is 60.6 Å². The molecule has 4 heterocycles. The number of aryl methyl sites for hydroxylation is 1. The van der Waals surface area contributed by atoms with Gasteiger partial charge in [-0.2, -0.15) is 14.3 Å². The third-order valence-electron chi connectivity index (χ3n) is 8.10. The Bertz CT molecular complexity index is 1720. The quantitative estimate of drug-likeness (QED) is 0.325. The van der Waals surface area contributed by atoms with Crippen LogP contribution in [0.1, 0.15) is 49.8 Å². The van der Waals surface area contributed by atoms with Crippen molar-refractivity contribution in [3.63, 3.8) is 0 Å². The number of hydrogen-bond donors (Lipinski definition) is 3. The van der Waals surface area contributed by atoms with Gasteiger partial charge in [-0.1, -0.05) is 11.8 Å². The molecule has 0 spiro atoms. The first-order chi connectivity index (χ1) is 20.6. The summed E-state index contributed by atoms with van der Waals surface area (Å²) < 4.78 is 28.0. The van der Waals surface area contributed by atoms with Crippen LogP contribution in [0, 0.1) is 17.8 Å². The molecule has 226 valence electrons. The highest BCUT2D eigenvalue weighted by Crippen LogP contribution is 2.31. The third-order valence-corrected chi connectivity index (χ3v) is 10.1. The van der Waals surface area contributed by atoms with Crippen LogP contribution in [-0.4, -0.2) is 74.2 Å². The number of allylic oxidation sites excluding steroid dienone is 1. The van der Waals surface area contributed by atoms with E-state index in [9.17, 15) is 8.42 Å². The summed E-state index contributed by atoms with van der Waals surface area (Å²) in [5.74, 6) is 7.53. The van der Waals surface area contributed by atoms with Crippen molar-refractivity contribution in [1.29, 1.82) is 0 Å². The van der Waals surface area contributed by atoms with Crippen molar-refractivity contribution in [3.05, 3.63) is 71.9 Å². The molecule has 1 aliphatic heterocycles. The van der Waals surface area contributed by atoms with E-state index in [0.29, 0.717) is 41.9 Å². The van der Waals surface area contributed by atoms with Crippen LogP contribution in [0.25, 0.3) is 11.4 Å². The van der Waals surface area contributed by atoms with E-state index in [1.807, 2.05) is 25.5 Å². The summed E-state index contributed by atoms with van der Waals surface area (Å²) in [5.41, 5.74) is 9.28. The van der Waals surface area contributed by atoms with Gasteiger partial charge >= 0.3 is 0 Å². The predicted molar refractivity (Wildman–Crippen MR) is 163 cm³/mol. The minimum Gasteiger partial charge on any atom is -0.381 e. The van der Waals surface area contributed by atoms with Crippen LogP contribution in [0.3, 0.4) is 0 Å². The molecule has 3 aliphatic rings. The standard InChI is InChI=1S/C30H38N10O2S/c1-38(2)18-21-5-8-25(9-6-21)36-27-14-30(31,33-16-23(27)7-4-22-15-34-39(3)19-22)28-12-13-32-29(37-28)24-17-35-40(20-24)43(41,42)26-10-11-26/h12-17,19-21,25-26,33,36H,5-6,8-11,18,31H2,1-3H3. The Morgan fingerprint density at radius 3 is 2.60 bits per heavy atom. The summed E-state index contributed by atoms with van der Waals surface area (Å²) in [7, 11) is 2.63. The van der Waals surface area contributed by atoms with Gasteiger partial charge in [0, 0.05) is 38.2 Å². The van der Waals surface area contributed by atoms with E-state index in [2.05, 4.69) is 56.7 Å². The largest absolute Gasteiger partial charge is 0.381 e. The van der Waals surface area contributed by atoms with Gasteiger partial charge in [0.1, 0.15) is 0 Å². The van der Waals surface area contributed by atoms with E-state index in [4.69, 9.17) is 10.7 Å². The molecule has 0 radical (unpaired) electrons. The molecule has 3 aromatic heterocycles. The molecule has 12 nitrogen and oxygen atoms in total. The van der Waals surface area contributed by atoms with Crippen molar-refractivity contribution in [1.82, 2.24) is 44.5 Å². The van der Waals surface area contributed by atoms with Gasteiger partial charge in [0.05, 0.1) is 51.9 Å². The summed E-state index contributed by atoms with van der Waals surface area (Å²) in [4.78, 5) is 11.4. The molecule has 43 heavy (non-hydrogen) atoms. The summed E-state index contributed by atoms with van der Waals surface area (Å²) >= 11 is 0. The van der Waals surface area contributed by atoms with Gasteiger partial charge in [-0.25, -0.2) is 18.4 Å². The van der Waals surface area contributed by atoms with Crippen LogP contribution in [0.5, 0.6) is 0 Å². The molecule has 2 aliphatic carbocycles. The summed E-state index contributed by atoms with van der Waals surface area (Å²) in [6.07, 6.45) is 17.7. The van der Waals surface area contributed by atoms with Crippen molar-refractivity contribution in [2.75, 3.05) is 20.6 Å². The van der Waals surface area contributed by atoms with Crippen molar-refractivity contribution in [2.45, 2.75) is 55.5 Å². The maximum absolute atomic E-state index is 12.6. The number of nitrogens with one attached hydrogen (secondary N) is 2. The second-order valence-corrected chi connectivity index (χ2v) is 14.1. The Balaban J connectivity index is 1.26. The molecular formula is C30H38N10O2S. The topological polar surface area (TPSA) is 149 Å². The fourth-order valence-corrected chi connectivity index (χ4v) is 7.12. The maximum atomic E-state index is 12.6. The lowest BCUT2D eigenvalue weighted by Gasteiger charge is -2.35. The third kappa shape index (κ3) is 6.51. The first-order valence-electron chi connectivity index (χ1n) is 14.6. The van der Waals surface area contributed by atoms with Crippen LogP contribution >= 0.6 is 0 Å². The van der Waals surface area contributed by atoms with Gasteiger partial charge in [-0.15, -0.1) is 0 Å². The van der Waals surface area contributed by atoms with E-state index in [1.54, 1.807) is 23.1 Å². The minimum absolute atomic E-state index is 0.302. The van der Waals surface area contributed by atoms with E-state index in [0.717, 1.165) is 53.1 Å². The zero-order chi connectivity index (χ0) is 30.2. The molecule has 0 bridgehead atoms. The van der Waals surface area contributed by atoms with Crippen molar-refractivity contribution in [3.8, 4) is 23.2 Å². The maximum Gasteiger partial charge on any atom is 0.256 e. The average Bonchev–Trinajstić information content (AvgIpc) is 3.58. The molecule has 0 aromatic carbocycles. The highest BCUT2D eigenvalue weighted by Gasteiger charge is 2.38. The lowest BCUT2D eigenvalue weighted by atomic mass is 9.85. The van der Waals surface area contributed by atoms with Gasteiger partial charge in [0.25, 0.3) is 10.0 Å². The van der Waals surface area contributed by atoms with Gasteiger partial charge in [-0.05, 0) is 70.7 Å². The summed E-state index contributed by atoms with van der Waals surface area (Å²) in [6.45, 7) is 1.11. The fraction of sp³-hybridized carbons (Fsp3) is 0.467. The monoisotopic (exact) mass is 602 g/mol. The Morgan fingerprint density at radius 1 is 1.12 bits per heavy atom. The highest BCUT2D eigenvalue weighted by atomic mass is 32.2. The Morgan fingerprint density at radius 2 is 1.91 bits per heavy atom. The van der Waals surface area contributed by atoms with Crippen LogP contribution < -0.4 is 16.4 Å². The Hall–Kier alpha value is -3.99. The Kier molecular flexibility index (Phi) is 7.85. The van der Waals surface area contributed by atoms with Crippen molar-refractivity contribution >= 4 is 10.0 Å². The van der Waals surface area contributed by atoms with E-state index in [-0.39, 0.29) is 5.25 Å². The second-order valence-electron chi connectivity index (χ2n) is 12.0. The molecule has 1 unspecified atom stereocenters. The van der Waals surface area contributed by atoms with Gasteiger partial charge < -0.3 is 21.3 Å². The number of nitrogens with zero attached hydrogens (tertiary/aromatic N) is 7. The Labute approximate surface area is 252 Å². The van der Waals surface area contributed by atoms with Gasteiger partial charge in [0.2, 0.25) is 0 Å². The zero-order valence-electron chi connectivity index (χ0n) is 24.7. The number of aromatic nitrogens is 6. The molecule has 1 atom stereocenters. The highest BCUT2D eigenvalue weighted by molar-refractivity contribution is 7.90. The number of rotatable bonds is 8. The second kappa shape index (κ2) is 11.6. The zero-order valence-corrected chi connectivity index (χ0v) is 25.5. The van der Waals surface area contributed by atoms with E-state index in [1.165, 1.54) is 12.4 Å².